The third kappa shape index (κ3) is 4.35. The van der Waals surface area contributed by atoms with E-state index in [0.717, 1.165) is 35.4 Å². The molecule has 0 atom stereocenters. The van der Waals surface area contributed by atoms with Crippen LogP contribution in [0.15, 0.2) is 16.5 Å². The summed E-state index contributed by atoms with van der Waals surface area (Å²) in [5.41, 5.74) is 0. The van der Waals surface area contributed by atoms with E-state index in [1.54, 1.807) is 11.8 Å². The zero-order valence-corrected chi connectivity index (χ0v) is 13.1. The second-order valence-electron chi connectivity index (χ2n) is 3.87. The number of hydrogen-bond donors (Lipinski definition) is 1. The van der Waals surface area contributed by atoms with Crippen molar-refractivity contribution in [1.82, 2.24) is 14.7 Å². The van der Waals surface area contributed by atoms with Crippen LogP contribution in [0.3, 0.4) is 0 Å². The number of aromatic nitrogens is 2. The van der Waals surface area contributed by atoms with E-state index in [2.05, 4.69) is 40.7 Å². The first-order valence-electron chi connectivity index (χ1n) is 5.99. The van der Waals surface area contributed by atoms with Crippen molar-refractivity contribution in [2.24, 2.45) is 0 Å². The number of hydrogen-bond acceptors (Lipinski definition) is 6. The molecular weight excluding hydrogens is 282 g/mol. The summed E-state index contributed by atoms with van der Waals surface area (Å²) >= 11 is 5.15. The second-order valence-corrected chi connectivity index (χ2v) is 7.33. The van der Waals surface area contributed by atoms with Crippen LogP contribution in [0, 0.1) is 6.92 Å². The van der Waals surface area contributed by atoms with Crippen LogP contribution in [0.25, 0.3) is 0 Å². The fourth-order valence-corrected chi connectivity index (χ4v) is 3.97. The van der Waals surface area contributed by atoms with Gasteiger partial charge in [-0.2, -0.15) is 4.37 Å². The SMILES string of the molecule is CCc1nsc(SCCNCc2ccc(C)s2)n1. The van der Waals surface area contributed by atoms with Gasteiger partial charge in [0, 0.05) is 35.0 Å². The van der Waals surface area contributed by atoms with Crippen molar-refractivity contribution in [3.05, 3.63) is 27.7 Å². The van der Waals surface area contributed by atoms with Crippen LogP contribution in [0.5, 0.6) is 0 Å². The Morgan fingerprint density at radius 1 is 1.39 bits per heavy atom. The predicted molar refractivity (Wildman–Crippen MR) is 80.8 cm³/mol. The minimum atomic E-state index is 0.924. The summed E-state index contributed by atoms with van der Waals surface area (Å²) in [5, 5.41) is 3.45. The molecule has 0 aromatic carbocycles. The topological polar surface area (TPSA) is 37.8 Å². The molecule has 18 heavy (non-hydrogen) atoms. The van der Waals surface area contributed by atoms with E-state index in [4.69, 9.17) is 0 Å². The number of nitrogens with one attached hydrogen (secondary N) is 1. The van der Waals surface area contributed by atoms with Gasteiger partial charge in [-0.1, -0.05) is 18.7 Å². The molecule has 2 aromatic heterocycles. The Morgan fingerprint density at radius 2 is 2.28 bits per heavy atom. The summed E-state index contributed by atoms with van der Waals surface area (Å²) in [4.78, 5) is 7.21. The molecule has 0 aliphatic rings. The van der Waals surface area contributed by atoms with Gasteiger partial charge in [0.25, 0.3) is 0 Å². The van der Waals surface area contributed by atoms with Gasteiger partial charge in [0.05, 0.1) is 0 Å². The first-order chi connectivity index (χ1) is 8.78. The third-order valence-electron chi connectivity index (χ3n) is 2.37. The molecule has 0 saturated heterocycles. The van der Waals surface area contributed by atoms with Crippen LogP contribution in [-0.2, 0) is 13.0 Å². The van der Waals surface area contributed by atoms with Crippen LogP contribution >= 0.6 is 34.6 Å². The number of rotatable bonds is 7. The van der Waals surface area contributed by atoms with E-state index in [1.807, 2.05) is 11.3 Å². The molecule has 0 bridgehead atoms. The van der Waals surface area contributed by atoms with Crippen LogP contribution < -0.4 is 5.32 Å². The Balaban J connectivity index is 1.61. The molecule has 1 N–H and O–H groups in total. The molecule has 0 aliphatic carbocycles. The highest BCUT2D eigenvalue weighted by molar-refractivity contribution is 8.00. The summed E-state index contributed by atoms with van der Waals surface area (Å²) in [5.74, 6) is 2.01. The molecule has 98 valence electrons. The standard InChI is InChI=1S/C12H17N3S3/c1-3-11-14-12(18-15-11)16-7-6-13-8-10-5-4-9(2)17-10/h4-5,13H,3,6-8H2,1-2H3. The quantitative estimate of drug-likeness (QED) is 0.628. The van der Waals surface area contributed by atoms with E-state index in [9.17, 15) is 0 Å². The van der Waals surface area contributed by atoms with Crippen molar-refractivity contribution < 1.29 is 0 Å². The lowest BCUT2D eigenvalue weighted by Gasteiger charge is -2.01. The van der Waals surface area contributed by atoms with Crippen LogP contribution in [0.2, 0.25) is 0 Å². The summed E-state index contributed by atoms with van der Waals surface area (Å²) in [6.07, 6.45) is 0.924. The molecule has 3 nitrogen and oxygen atoms in total. The van der Waals surface area contributed by atoms with Gasteiger partial charge in [0.2, 0.25) is 0 Å². The van der Waals surface area contributed by atoms with Crippen molar-refractivity contribution in [2.75, 3.05) is 12.3 Å². The number of aryl methyl sites for hydroxylation is 2. The Labute approximate surface area is 120 Å². The van der Waals surface area contributed by atoms with Gasteiger partial charge in [-0.3, -0.25) is 0 Å². The largest absolute Gasteiger partial charge is 0.311 e. The summed E-state index contributed by atoms with van der Waals surface area (Å²) < 4.78 is 5.36. The number of nitrogens with zero attached hydrogens (tertiary/aromatic N) is 2. The normalized spacial score (nSPS) is 11.0. The van der Waals surface area contributed by atoms with Crippen LogP contribution in [0.4, 0.5) is 0 Å². The van der Waals surface area contributed by atoms with Crippen molar-refractivity contribution in [3.63, 3.8) is 0 Å². The lowest BCUT2D eigenvalue weighted by Crippen LogP contribution is -2.15. The van der Waals surface area contributed by atoms with Gasteiger partial charge >= 0.3 is 0 Å². The van der Waals surface area contributed by atoms with Crippen molar-refractivity contribution in [2.45, 2.75) is 31.2 Å². The molecule has 2 heterocycles. The predicted octanol–water partition coefficient (Wildman–Crippen LogP) is 3.35. The Bertz CT molecular complexity index is 478. The van der Waals surface area contributed by atoms with E-state index in [0.29, 0.717) is 0 Å². The first kappa shape index (κ1) is 14.0. The van der Waals surface area contributed by atoms with E-state index < -0.39 is 0 Å². The molecule has 0 fully saturated rings. The van der Waals surface area contributed by atoms with Gasteiger partial charge < -0.3 is 5.32 Å². The summed E-state index contributed by atoms with van der Waals surface area (Å²) in [6, 6.07) is 4.36. The Morgan fingerprint density at radius 3 is 2.94 bits per heavy atom. The van der Waals surface area contributed by atoms with Gasteiger partial charge in [-0.15, -0.1) is 11.3 Å². The molecule has 2 aromatic rings. The highest BCUT2D eigenvalue weighted by Gasteiger charge is 2.02. The van der Waals surface area contributed by atoms with Crippen molar-refractivity contribution in [3.8, 4) is 0 Å². The molecule has 0 spiro atoms. The molecule has 2 rings (SSSR count). The highest BCUT2D eigenvalue weighted by Crippen LogP contribution is 2.19. The summed E-state index contributed by atoms with van der Waals surface area (Å²) in [7, 11) is 0. The molecular formula is C12H17N3S3. The van der Waals surface area contributed by atoms with Gasteiger partial charge in [0.1, 0.15) is 5.82 Å². The zero-order chi connectivity index (χ0) is 12.8. The monoisotopic (exact) mass is 299 g/mol. The summed E-state index contributed by atoms with van der Waals surface area (Å²) in [6.45, 7) is 6.20. The maximum atomic E-state index is 4.43. The number of thiophene rings is 1. The maximum Gasteiger partial charge on any atom is 0.170 e. The first-order valence-corrected chi connectivity index (χ1v) is 8.57. The maximum absolute atomic E-state index is 4.43. The van der Waals surface area contributed by atoms with Gasteiger partial charge in [0.15, 0.2) is 4.34 Å². The van der Waals surface area contributed by atoms with Gasteiger partial charge in [-0.05, 0) is 30.6 Å². The fourth-order valence-electron chi connectivity index (χ4n) is 1.44. The van der Waals surface area contributed by atoms with Crippen molar-refractivity contribution in [1.29, 1.82) is 0 Å². The van der Waals surface area contributed by atoms with E-state index >= 15 is 0 Å². The average Bonchev–Trinajstić information content (AvgIpc) is 2.98. The van der Waals surface area contributed by atoms with E-state index in [-0.39, 0.29) is 0 Å². The Hall–Kier alpha value is -0.430. The number of thioether (sulfide) groups is 1. The third-order valence-corrected chi connectivity index (χ3v) is 5.24. The second kappa shape index (κ2) is 7.23. The average molecular weight is 299 g/mol. The molecule has 0 amide bonds. The Kier molecular flexibility index (Phi) is 5.62. The smallest absolute Gasteiger partial charge is 0.170 e. The molecule has 0 radical (unpaired) electrons. The van der Waals surface area contributed by atoms with Crippen LogP contribution in [0.1, 0.15) is 22.5 Å². The zero-order valence-electron chi connectivity index (χ0n) is 10.6. The molecule has 0 aliphatic heterocycles. The molecule has 0 saturated carbocycles. The van der Waals surface area contributed by atoms with E-state index in [1.165, 1.54) is 21.3 Å². The lowest BCUT2D eigenvalue weighted by atomic mass is 10.4. The minimum Gasteiger partial charge on any atom is -0.311 e. The molecule has 6 heteroatoms. The lowest BCUT2D eigenvalue weighted by molar-refractivity contribution is 0.741. The highest BCUT2D eigenvalue weighted by atomic mass is 32.2. The molecule has 0 unspecified atom stereocenters. The fraction of sp³-hybridized carbons (Fsp3) is 0.500. The van der Waals surface area contributed by atoms with Gasteiger partial charge in [-0.25, -0.2) is 4.98 Å². The van der Waals surface area contributed by atoms with Crippen LogP contribution in [-0.4, -0.2) is 21.7 Å². The van der Waals surface area contributed by atoms with Crippen molar-refractivity contribution >= 4 is 34.6 Å². The minimum absolute atomic E-state index is 0.924.